The van der Waals surface area contributed by atoms with Crippen LogP contribution in [0.5, 0.6) is 0 Å². The Morgan fingerprint density at radius 1 is 1.17 bits per heavy atom. The molecule has 1 fully saturated rings. The third-order valence-electron chi connectivity index (χ3n) is 5.21. The molecule has 4 heterocycles. The molecule has 0 unspecified atom stereocenters. The van der Waals surface area contributed by atoms with E-state index < -0.39 is 11.6 Å². The maximum absolute atomic E-state index is 13.5. The largest absolute Gasteiger partial charge is 0.472 e. The highest BCUT2D eigenvalue weighted by Gasteiger charge is 2.31. The molecule has 3 aromatic heterocycles. The van der Waals surface area contributed by atoms with Crippen molar-refractivity contribution in [3.8, 4) is 11.4 Å². The van der Waals surface area contributed by atoms with Gasteiger partial charge in [-0.15, -0.1) is 0 Å². The molecule has 0 saturated carbocycles. The van der Waals surface area contributed by atoms with Crippen LogP contribution in [0.3, 0.4) is 0 Å². The van der Waals surface area contributed by atoms with Crippen molar-refractivity contribution in [2.24, 2.45) is 0 Å². The van der Waals surface area contributed by atoms with Gasteiger partial charge in [0.25, 0.3) is 5.91 Å². The molecular weight excluding hydrogens is 378 g/mol. The first-order chi connectivity index (χ1) is 14.1. The van der Waals surface area contributed by atoms with Crippen LogP contribution in [0, 0.1) is 11.6 Å². The van der Waals surface area contributed by atoms with Gasteiger partial charge in [0.15, 0.2) is 17.3 Å². The summed E-state index contributed by atoms with van der Waals surface area (Å²) in [4.78, 5) is 23.6. The third kappa shape index (κ3) is 2.97. The van der Waals surface area contributed by atoms with Crippen LogP contribution in [0.15, 0.2) is 59.5 Å². The molecule has 1 saturated heterocycles. The Labute approximate surface area is 164 Å². The van der Waals surface area contributed by atoms with E-state index in [0.29, 0.717) is 19.5 Å². The number of aromatic nitrogens is 3. The minimum atomic E-state index is -1.03. The molecule has 29 heavy (non-hydrogen) atoms. The predicted molar refractivity (Wildman–Crippen MR) is 101 cm³/mol. The van der Waals surface area contributed by atoms with Gasteiger partial charge < -0.3 is 13.9 Å². The SMILES string of the molecule is O=C(c1ccc(F)c(F)c1)N1CC[C@H](n2c(-c3ccoc3)nc3cccnc32)C1. The first-order valence-corrected chi connectivity index (χ1v) is 9.21. The van der Waals surface area contributed by atoms with E-state index in [1.54, 1.807) is 23.6 Å². The number of furan rings is 1. The van der Waals surface area contributed by atoms with Gasteiger partial charge in [0.2, 0.25) is 0 Å². The number of carbonyl (C=O) groups excluding carboxylic acids is 1. The number of pyridine rings is 1. The van der Waals surface area contributed by atoms with E-state index in [2.05, 4.69) is 4.98 Å². The summed E-state index contributed by atoms with van der Waals surface area (Å²) in [6, 6.07) is 8.72. The number of likely N-dealkylation sites (tertiary alicyclic amines) is 1. The van der Waals surface area contributed by atoms with Gasteiger partial charge in [-0.3, -0.25) is 4.79 Å². The highest BCUT2D eigenvalue weighted by molar-refractivity contribution is 5.94. The number of hydrogen-bond acceptors (Lipinski definition) is 4. The molecule has 1 aliphatic heterocycles. The van der Waals surface area contributed by atoms with Gasteiger partial charge in [0.1, 0.15) is 17.6 Å². The first kappa shape index (κ1) is 17.5. The lowest BCUT2D eigenvalue weighted by atomic mass is 10.2. The van der Waals surface area contributed by atoms with Crippen LogP contribution in [-0.4, -0.2) is 38.4 Å². The van der Waals surface area contributed by atoms with Gasteiger partial charge in [0.05, 0.1) is 17.9 Å². The van der Waals surface area contributed by atoms with Crippen LogP contribution >= 0.6 is 0 Å². The number of benzene rings is 1. The van der Waals surface area contributed by atoms with Gasteiger partial charge in [-0.05, 0) is 42.8 Å². The Hall–Kier alpha value is -3.55. The molecule has 8 heteroatoms. The molecule has 0 radical (unpaired) electrons. The fraction of sp³-hybridized carbons (Fsp3) is 0.190. The van der Waals surface area contributed by atoms with E-state index >= 15 is 0 Å². The van der Waals surface area contributed by atoms with Crippen molar-refractivity contribution >= 4 is 17.1 Å². The summed E-state index contributed by atoms with van der Waals surface area (Å²) in [5.41, 5.74) is 2.45. The molecule has 0 spiro atoms. The molecule has 1 aromatic carbocycles. The second-order valence-corrected chi connectivity index (χ2v) is 6.99. The number of carbonyl (C=O) groups is 1. The van der Waals surface area contributed by atoms with Crippen molar-refractivity contribution in [2.45, 2.75) is 12.5 Å². The first-order valence-electron chi connectivity index (χ1n) is 9.21. The van der Waals surface area contributed by atoms with E-state index in [0.717, 1.165) is 34.7 Å². The molecule has 1 aliphatic rings. The number of fused-ring (bicyclic) bond motifs is 1. The zero-order valence-corrected chi connectivity index (χ0v) is 15.3. The summed E-state index contributed by atoms with van der Waals surface area (Å²) < 4.78 is 34.0. The van der Waals surface area contributed by atoms with Crippen LogP contribution in [0.25, 0.3) is 22.6 Å². The summed E-state index contributed by atoms with van der Waals surface area (Å²) in [7, 11) is 0. The molecular formula is C21H16F2N4O2. The highest BCUT2D eigenvalue weighted by Crippen LogP contribution is 2.32. The summed E-state index contributed by atoms with van der Waals surface area (Å²) in [6.07, 6.45) is 5.61. The van der Waals surface area contributed by atoms with Crippen molar-refractivity contribution in [3.63, 3.8) is 0 Å². The molecule has 6 nitrogen and oxygen atoms in total. The maximum atomic E-state index is 13.5. The van der Waals surface area contributed by atoms with Crippen LogP contribution in [0.2, 0.25) is 0 Å². The zero-order valence-electron chi connectivity index (χ0n) is 15.3. The lowest BCUT2D eigenvalue weighted by Gasteiger charge is -2.18. The molecule has 146 valence electrons. The molecule has 5 rings (SSSR count). The Kier molecular flexibility index (Phi) is 4.12. The standard InChI is InChI=1S/C21H16F2N4O2/c22-16-4-3-13(10-17(16)23)21(28)26-8-5-15(11-26)27-19(14-6-9-29-12-14)25-18-2-1-7-24-20(18)27/h1-4,6-7,9-10,12,15H,5,8,11H2/t15-/m0/s1. The van der Waals surface area contributed by atoms with Crippen LogP contribution < -0.4 is 0 Å². The Bertz CT molecular complexity index is 1200. The maximum Gasteiger partial charge on any atom is 0.254 e. The van der Waals surface area contributed by atoms with Crippen molar-refractivity contribution in [1.82, 2.24) is 19.4 Å². The minimum absolute atomic E-state index is 0.0472. The van der Waals surface area contributed by atoms with E-state index in [1.165, 1.54) is 6.07 Å². The molecule has 4 aromatic rings. The number of nitrogens with zero attached hydrogens (tertiary/aromatic N) is 4. The number of rotatable bonds is 3. The fourth-order valence-corrected chi connectivity index (χ4v) is 3.82. The fourth-order valence-electron chi connectivity index (χ4n) is 3.82. The molecule has 0 N–H and O–H groups in total. The van der Waals surface area contributed by atoms with E-state index in [9.17, 15) is 13.6 Å². The van der Waals surface area contributed by atoms with Crippen LogP contribution in [-0.2, 0) is 0 Å². The molecule has 0 bridgehead atoms. The second-order valence-electron chi connectivity index (χ2n) is 6.99. The van der Waals surface area contributed by atoms with Crippen LogP contribution in [0.1, 0.15) is 22.8 Å². The lowest BCUT2D eigenvalue weighted by Crippen LogP contribution is -2.29. The number of imidazole rings is 1. The van der Waals surface area contributed by atoms with Gasteiger partial charge in [-0.2, -0.15) is 0 Å². The second kappa shape index (κ2) is 6.80. The third-order valence-corrected chi connectivity index (χ3v) is 5.21. The predicted octanol–water partition coefficient (Wildman–Crippen LogP) is 4.06. The lowest BCUT2D eigenvalue weighted by molar-refractivity contribution is 0.0787. The monoisotopic (exact) mass is 394 g/mol. The van der Waals surface area contributed by atoms with Crippen molar-refractivity contribution in [3.05, 3.63) is 72.3 Å². The van der Waals surface area contributed by atoms with Crippen molar-refractivity contribution in [2.75, 3.05) is 13.1 Å². The quantitative estimate of drug-likeness (QED) is 0.526. The van der Waals surface area contributed by atoms with Crippen molar-refractivity contribution in [1.29, 1.82) is 0 Å². The normalized spacial score (nSPS) is 16.6. The zero-order chi connectivity index (χ0) is 20.0. The summed E-state index contributed by atoms with van der Waals surface area (Å²) in [5, 5.41) is 0. The average molecular weight is 394 g/mol. The summed E-state index contributed by atoms with van der Waals surface area (Å²) >= 11 is 0. The molecule has 1 atom stereocenters. The smallest absolute Gasteiger partial charge is 0.254 e. The highest BCUT2D eigenvalue weighted by atomic mass is 19.2. The molecule has 1 amide bonds. The summed E-state index contributed by atoms with van der Waals surface area (Å²) in [5.74, 6) is -1.60. The molecule has 0 aliphatic carbocycles. The van der Waals surface area contributed by atoms with Crippen LogP contribution in [0.4, 0.5) is 8.78 Å². The Morgan fingerprint density at radius 2 is 2.07 bits per heavy atom. The Balaban J connectivity index is 1.48. The Morgan fingerprint density at radius 3 is 2.86 bits per heavy atom. The summed E-state index contributed by atoms with van der Waals surface area (Å²) in [6.45, 7) is 0.921. The topological polar surface area (TPSA) is 64.2 Å². The number of hydrogen-bond donors (Lipinski definition) is 0. The number of halogens is 2. The van der Waals surface area contributed by atoms with Crippen molar-refractivity contribution < 1.29 is 18.0 Å². The van der Waals surface area contributed by atoms with E-state index in [4.69, 9.17) is 9.40 Å². The van der Waals surface area contributed by atoms with E-state index in [-0.39, 0.29) is 17.5 Å². The van der Waals surface area contributed by atoms with Gasteiger partial charge in [-0.1, -0.05) is 0 Å². The van der Waals surface area contributed by atoms with Gasteiger partial charge in [0, 0.05) is 24.8 Å². The van der Waals surface area contributed by atoms with E-state index in [1.807, 2.05) is 22.8 Å². The van der Waals surface area contributed by atoms with Gasteiger partial charge >= 0.3 is 0 Å². The van der Waals surface area contributed by atoms with Gasteiger partial charge in [-0.25, -0.2) is 18.7 Å². The average Bonchev–Trinajstić information content (AvgIpc) is 3.47. The number of amides is 1. The minimum Gasteiger partial charge on any atom is -0.472 e.